The van der Waals surface area contributed by atoms with E-state index in [1.807, 2.05) is 0 Å². The van der Waals surface area contributed by atoms with Gasteiger partial charge in [0.05, 0.1) is 5.75 Å². The quantitative estimate of drug-likeness (QED) is 0.627. The maximum absolute atomic E-state index is 11.2. The Morgan fingerprint density at radius 1 is 1.41 bits per heavy atom. The summed E-state index contributed by atoms with van der Waals surface area (Å²) in [5.41, 5.74) is 0. The van der Waals surface area contributed by atoms with E-state index in [4.69, 9.17) is 5.11 Å². The molecule has 0 aliphatic carbocycles. The number of carbonyl (C=O) groups is 2. The molecule has 1 unspecified atom stereocenters. The van der Waals surface area contributed by atoms with Crippen molar-refractivity contribution in [1.82, 2.24) is 5.32 Å². The third-order valence-electron chi connectivity index (χ3n) is 2.09. The zero-order valence-electron chi connectivity index (χ0n) is 9.84. The molecule has 98 valence electrons. The molecule has 6 nitrogen and oxygen atoms in total. The largest absolute Gasteiger partial charge is 0.480 e. The second-order valence-electron chi connectivity index (χ2n) is 3.42. The average Bonchev–Trinajstić information content (AvgIpc) is 2.24. The van der Waals surface area contributed by atoms with Gasteiger partial charge in [-0.3, -0.25) is 4.79 Å². The van der Waals surface area contributed by atoms with Crippen molar-refractivity contribution in [3.63, 3.8) is 0 Å². The molecule has 0 saturated carbocycles. The summed E-state index contributed by atoms with van der Waals surface area (Å²) in [7, 11) is -3.23. The summed E-state index contributed by atoms with van der Waals surface area (Å²) < 4.78 is 22.4. The van der Waals surface area contributed by atoms with Crippen LogP contribution in [-0.4, -0.2) is 42.9 Å². The van der Waals surface area contributed by atoms with Gasteiger partial charge in [-0.25, -0.2) is 13.2 Å². The molecule has 0 saturated heterocycles. The van der Waals surface area contributed by atoms with Crippen LogP contribution >= 0.6 is 0 Å². The molecule has 0 aliphatic rings. The third kappa shape index (κ3) is 6.72. The number of nitrogens with one attached hydrogen (secondary N) is 1. The van der Waals surface area contributed by atoms with Crippen molar-refractivity contribution in [3.8, 4) is 0 Å². The highest BCUT2D eigenvalue weighted by molar-refractivity contribution is 7.91. The Balaban J connectivity index is 4.46. The van der Waals surface area contributed by atoms with Crippen LogP contribution in [0.25, 0.3) is 0 Å². The summed E-state index contributed by atoms with van der Waals surface area (Å²) in [6.07, 6.45) is 2.52. The topological polar surface area (TPSA) is 101 Å². The van der Waals surface area contributed by atoms with Crippen LogP contribution in [0, 0.1) is 0 Å². The van der Waals surface area contributed by atoms with Crippen molar-refractivity contribution in [3.05, 3.63) is 12.2 Å². The molecule has 0 heterocycles. The number of aliphatic carboxylic acids is 1. The molecule has 17 heavy (non-hydrogen) atoms. The summed E-state index contributed by atoms with van der Waals surface area (Å²) >= 11 is 0. The Kier molecular flexibility index (Phi) is 6.48. The SMILES string of the molecule is C/C=C/C(=O)NC(CCS(=O)(=O)CC)C(=O)O. The van der Waals surface area contributed by atoms with Gasteiger partial charge in [-0.2, -0.15) is 0 Å². The van der Waals surface area contributed by atoms with E-state index < -0.39 is 27.8 Å². The highest BCUT2D eigenvalue weighted by atomic mass is 32.2. The van der Waals surface area contributed by atoms with Crippen LogP contribution in [-0.2, 0) is 19.4 Å². The molecular weight excluding hydrogens is 246 g/mol. The van der Waals surface area contributed by atoms with Crippen molar-refractivity contribution in [1.29, 1.82) is 0 Å². The number of carbonyl (C=O) groups excluding carboxylic acids is 1. The molecule has 2 N–H and O–H groups in total. The maximum Gasteiger partial charge on any atom is 0.326 e. The monoisotopic (exact) mass is 263 g/mol. The Bertz CT molecular complexity index is 399. The number of carboxylic acid groups (broad SMARTS) is 1. The number of amides is 1. The fourth-order valence-electron chi connectivity index (χ4n) is 1.07. The van der Waals surface area contributed by atoms with E-state index in [1.165, 1.54) is 19.1 Å². The van der Waals surface area contributed by atoms with Gasteiger partial charge >= 0.3 is 5.97 Å². The number of hydrogen-bond donors (Lipinski definition) is 2. The minimum Gasteiger partial charge on any atom is -0.480 e. The smallest absolute Gasteiger partial charge is 0.326 e. The first kappa shape index (κ1) is 15.6. The molecule has 0 rings (SSSR count). The minimum atomic E-state index is -3.23. The summed E-state index contributed by atoms with van der Waals surface area (Å²) in [5, 5.41) is 11.1. The standard InChI is InChI=1S/C10H17NO5S/c1-3-5-9(12)11-8(10(13)14)6-7-17(15,16)4-2/h3,5,8H,4,6-7H2,1-2H3,(H,11,12)(H,13,14)/b5-3+. The van der Waals surface area contributed by atoms with Gasteiger partial charge in [0.25, 0.3) is 0 Å². The molecule has 1 amide bonds. The normalized spacial score (nSPS) is 13.5. The van der Waals surface area contributed by atoms with Gasteiger partial charge in [0.2, 0.25) is 5.91 Å². The first-order valence-corrected chi connectivity index (χ1v) is 7.01. The van der Waals surface area contributed by atoms with Gasteiger partial charge in [0, 0.05) is 5.75 Å². The van der Waals surface area contributed by atoms with E-state index in [0.29, 0.717) is 0 Å². The molecule has 0 aromatic rings. The van der Waals surface area contributed by atoms with Gasteiger partial charge in [-0.1, -0.05) is 13.0 Å². The second-order valence-corrected chi connectivity index (χ2v) is 5.90. The van der Waals surface area contributed by atoms with Gasteiger partial charge in [-0.15, -0.1) is 0 Å². The second kappa shape index (κ2) is 7.05. The highest BCUT2D eigenvalue weighted by Gasteiger charge is 2.21. The number of allylic oxidation sites excluding steroid dienone is 1. The minimum absolute atomic E-state index is 0.0395. The van der Waals surface area contributed by atoms with E-state index in [9.17, 15) is 18.0 Å². The van der Waals surface area contributed by atoms with Crippen LogP contribution < -0.4 is 5.32 Å². The van der Waals surface area contributed by atoms with Crippen LogP contribution in [0.1, 0.15) is 20.3 Å². The van der Waals surface area contributed by atoms with Gasteiger partial charge < -0.3 is 10.4 Å². The number of hydrogen-bond acceptors (Lipinski definition) is 4. The van der Waals surface area contributed by atoms with Gasteiger partial charge in [0.1, 0.15) is 15.9 Å². The zero-order chi connectivity index (χ0) is 13.5. The van der Waals surface area contributed by atoms with Crippen LogP contribution in [0.4, 0.5) is 0 Å². The van der Waals surface area contributed by atoms with Crippen LogP contribution in [0.2, 0.25) is 0 Å². The molecule has 0 aliphatic heterocycles. The van der Waals surface area contributed by atoms with Crippen molar-refractivity contribution in [2.75, 3.05) is 11.5 Å². The third-order valence-corrected chi connectivity index (χ3v) is 3.83. The van der Waals surface area contributed by atoms with Crippen molar-refractivity contribution < 1.29 is 23.1 Å². The lowest BCUT2D eigenvalue weighted by Gasteiger charge is -2.12. The van der Waals surface area contributed by atoms with Crippen molar-refractivity contribution in [2.45, 2.75) is 26.3 Å². The first-order valence-electron chi connectivity index (χ1n) is 5.18. The number of sulfone groups is 1. The fourth-order valence-corrected chi connectivity index (χ4v) is 1.95. The van der Waals surface area contributed by atoms with Crippen LogP contribution in [0.5, 0.6) is 0 Å². The number of carboxylic acids is 1. The van der Waals surface area contributed by atoms with Crippen LogP contribution in [0.3, 0.4) is 0 Å². The molecular formula is C10H17NO5S. The molecule has 0 fully saturated rings. The lowest BCUT2D eigenvalue weighted by molar-refractivity contribution is -0.141. The number of rotatable bonds is 7. The van der Waals surface area contributed by atoms with E-state index in [1.54, 1.807) is 6.92 Å². The van der Waals surface area contributed by atoms with E-state index in [-0.39, 0.29) is 17.9 Å². The predicted octanol–water partition coefficient (Wildman–Crippen LogP) is -0.0433. The molecule has 1 atom stereocenters. The highest BCUT2D eigenvalue weighted by Crippen LogP contribution is 1.99. The molecule has 0 radical (unpaired) electrons. The molecule has 0 bridgehead atoms. The molecule has 0 aromatic heterocycles. The summed E-state index contributed by atoms with van der Waals surface area (Å²) in [4.78, 5) is 22.0. The van der Waals surface area contributed by atoms with E-state index in [0.717, 1.165) is 0 Å². The lowest BCUT2D eigenvalue weighted by Crippen LogP contribution is -2.41. The fraction of sp³-hybridized carbons (Fsp3) is 0.600. The molecule has 0 spiro atoms. The van der Waals surface area contributed by atoms with E-state index >= 15 is 0 Å². The Hall–Kier alpha value is -1.37. The Morgan fingerprint density at radius 3 is 2.41 bits per heavy atom. The van der Waals surface area contributed by atoms with Gasteiger partial charge in [0.15, 0.2) is 0 Å². The summed E-state index contributed by atoms with van der Waals surface area (Å²) in [5.74, 6) is -2.08. The van der Waals surface area contributed by atoms with Crippen molar-refractivity contribution >= 4 is 21.7 Å². The first-order chi connectivity index (χ1) is 7.82. The predicted molar refractivity (Wildman–Crippen MR) is 63.3 cm³/mol. The summed E-state index contributed by atoms with van der Waals surface area (Å²) in [6, 6.07) is -1.18. The summed E-state index contributed by atoms with van der Waals surface area (Å²) in [6.45, 7) is 3.11. The Morgan fingerprint density at radius 2 is 2.00 bits per heavy atom. The molecule has 7 heteroatoms. The lowest BCUT2D eigenvalue weighted by atomic mass is 10.2. The molecule has 0 aromatic carbocycles. The Labute approximate surface area is 101 Å². The average molecular weight is 263 g/mol. The van der Waals surface area contributed by atoms with Crippen molar-refractivity contribution in [2.24, 2.45) is 0 Å². The maximum atomic E-state index is 11.2. The van der Waals surface area contributed by atoms with E-state index in [2.05, 4.69) is 5.32 Å². The van der Waals surface area contributed by atoms with Gasteiger partial charge in [-0.05, 0) is 19.4 Å². The zero-order valence-corrected chi connectivity index (χ0v) is 10.7. The van der Waals surface area contributed by atoms with Crippen LogP contribution in [0.15, 0.2) is 12.2 Å².